The third kappa shape index (κ3) is 6.78. The summed E-state index contributed by atoms with van der Waals surface area (Å²) in [6.07, 6.45) is 5.22. The highest BCUT2D eigenvalue weighted by Gasteiger charge is 1.96. The van der Waals surface area contributed by atoms with E-state index < -0.39 is 0 Å². The summed E-state index contributed by atoms with van der Waals surface area (Å²) in [5.74, 6) is 4.28. The molecule has 0 aromatic heterocycles. The van der Waals surface area contributed by atoms with Crippen molar-refractivity contribution in [3.8, 4) is 12.3 Å². The summed E-state index contributed by atoms with van der Waals surface area (Å²) in [7, 11) is 0. The van der Waals surface area contributed by atoms with Gasteiger partial charge in [-0.15, -0.1) is 18.2 Å². The fraction of sp³-hybridized carbons (Fsp3) is 0.400. The summed E-state index contributed by atoms with van der Waals surface area (Å²) < 4.78 is 0. The molecule has 0 bridgehead atoms. The quantitative estimate of drug-likeness (QED) is 0.275. The molecule has 4 heteroatoms. The lowest BCUT2D eigenvalue weighted by molar-refractivity contribution is 0.874. The molecule has 3 nitrogen and oxygen atoms in total. The molecule has 0 atom stereocenters. The first kappa shape index (κ1) is 15.5. The molecule has 1 aromatic carbocycles. The van der Waals surface area contributed by atoms with E-state index >= 15 is 0 Å². The van der Waals surface area contributed by atoms with E-state index in [-0.39, 0.29) is 0 Å². The van der Waals surface area contributed by atoms with Gasteiger partial charge in [-0.25, -0.2) is 0 Å². The fourth-order valence-electron chi connectivity index (χ4n) is 1.43. The number of aliphatic imine (C=N–C) groups is 1. The third-order valence-electron chi connectivity index (χ3n) is 2.35. The molecule has 1 rings (SSSR count). The van der Waals surface area contributed by atoms with Crippen molar-refractivity contribution in [2.75, 3.05) is 25.4 Å². The lowest BCUT2D eigenvalue weighted by Crippen LogP contribution is -2.37. The zero-order chi connectivity index (χ0) is 13.9. The van der Waals surface area contributed by atoms with E-state index in [2.05, 4.69) is 52.7 Å². The predicted octanol–water partition coefficient (Wildman–Crippen LogP) is 2.28. The van der Waals surface area contributed by atoms with E-state index in [9.17, 15) is 0 Å². The molecule has 19 heavy (non-hydrogen) atoms. The third-order valence-corrected chi connectivity index (χ3v) is 3.35. The molecule has 0 unspecified atom stereocenters. The lowest BCUT2D eigenvalue weighted by atomic mass is 10.2. The minimum absolute atomic E-state index is 0.497. The van der Waals surface area contributed by atoms with Gasteiger partial charge in [0, 0.05) is 17.2 Å². The molecule has 102 valence electrons. The van der Waals surface area contributed by atoms with Gasteiger partial charge in [-0.3, -0.25) is 4.99 Å². The van der Waals surface area contributed by atoms with Crippen LogP contribution in [0.25, 0.3) is 0 Å². The highest BCUT2D eigenvalue weighted by atomic mass is 32.2. The average Bonchev–Trinajstić information content (AvgIpc) is 2.42. The zero-order valence-corrected chi connectivity index (χ0v) is 12.4. The molecule has 0 aliphatic carbocycles. The van der Waals surface area contributed by atoms with Crippen molar-refractivity contribution in [2.24, 2.45) is 4.99 Å². The minimum atomic E-state index is 0.497. The maximum Gasteiger partial charge on any atom is 0.192 e. The van der Waals surface area contributed by atoms with Crippen LogP contribution in [0.4, 0.5) is 0 Å². The normalized spacial score (nSPS) is 10.9. The Balaban J connectivity index is 2.34. The van der Waals surface area contributed by atoms with Crippen LogP contribution in [0.2, 0.25) is 0 Å². The summed E-state index contributed by atoms with van der Waals surface area (Å²) in [4.78, 5) is 5.74. The molecule has 0 fully saturated rings. The SMILES string of the molecule is C#CCNC(=NCCSc1ccc(C)cc1)NCC. The summed E-state index contributed by atoms with van der Waals surface area (Å²) in [5.41, 5.74) is 1.29. The molecule has 0 spiro atoms. The van der Waals surface area contributed by atoms with Crippen molar-refractivity contribution in [3.63, 3.8) is 0 Å². The molecular formula is C15H21N3S. The van der Waals surface area contributed by atoms with Crippen LogP contribution in [-0.2, 0) is 0 Å². The van der Waals surface area contributed by atoms with E-state index in [0.29, 0.717) is 6.54 Å². The Kier molecular flexibility index (Phi) is 7.60. The van der Waals surface area contributed by atoms with E-state index in [1.165, 1.54) is 10.5 Å². The monoisotopic (exact) mass is 275 g/mol. The number of thioether (sulfide) groups is 1. The smallest absolute Gasteiger partial charge is 0.192 e. The molecule has 0 radical (unpaired) electrons. The highest BCUT2D eigenvalue weighted by Crippen LogP contribution is 2.17. The highest BCUT2D eigenvalue weighted by molar-refractivity contribution is 7.99. The van der Waals surface area contributed by atoms with E-state index in [1.807, 2.05) is 18.7 Å². The standard InChI is InChI=1S/C15H21N3S/c1-4-10-17-15(16-5-2)18-11-12-19-14-8-6-13(3)7-9-14/h1,6-9H,5,10-12H2,2-3H3,(H2,16,17,18). The Morgan fingerprint density at radius 2 is 2.05 bits per heavy atom. The average molecular weight is 275 g/mol. The number of aryl methyl sites for hydroxylation is 1. The van der Waals surface area contributed by atoms with Crippen LogP contribution in [0.15, 0.2) is 34.2 Å². The summed E-state index contributed by atoms with van der Waals surface area (Å²) in [5, 5.41) is 6.23. The summed E-state index contributed by atoms with van der Waals surface area (Å²) >= 11 is 1.81. The van der Waals surface area contributed by atoms with Gasteiger partial charge in [0.25, 0.3) is 0 Å². The van der Waals surface area contributed by atoms with Crippen LogP contribution in [-0.4, -0.2) is 31.3 Å². The van der Waals surface area contributed by atoms with Crippen LogP contribution < -0.4 is 10.6 Å². The molecule has 2 N–H and O–H groups in total. The fourth-order valence-corrected chi connectivity index (χ4v) is 2.18. The van der Waals surface area contributed by atoms with Crippen LogP contribution >= 0.6 is 11.8 Å². The Labute approximate surface area is 120 Å². The summed E-state index contributed by atoms with van der Waals surface area (Å²) in [6.45, 7) is 6.23. The van der Waals surface area contributed by atoms with Gasteiger partial charge >= 0.3 is 0 Å². The zero-order valence-electron chi connectivity index (χ0n) is 11.6. The van der Waals surface area contributed by atoms with Crippen LogP contribution in [0.3, 0.4) is 0 Å². The first-order chi connectivity index (χ1) is 9.26. The van der Waals surface area contributed by atoms with Crippen LogP contribution in [0.5, 0.6) is 0 Å². The first-order valence-corrected chi connectivity index (χ1v) is 7.40. The van der Waals surface area contributed by atoms with Crippen molar-refractivity contribution in [3.05, 3.63) is 29.8 Å². The molecule has 1 aromatic rings. The lowest BCUT2D eigenvalue weighted by Gasteiger charge is -2.08. The number of guanidine groups is 1. The van der Waals surface area contributed by atoms with Gasteiger partial charge in [-0.1, -0.05) is 23.6 Å². The second-order valence-electron chi connectivity index (χ2n) is 3.98. The molecule has 0 heterocycles. The van der Waals surface area contributed by atoms with Crippen molar-refractivity contribution in [1.29, 1.82) is 0 Å². The van der Waals surface area contributed by atoms with E-state index in [4.69, 9.17) is 6.42 Å². The maximum atomic E-state index is 5.22. The van der Waals surface area contributed by atoms with Crippen molar-refractivity contribution >= 4 is 17.7 Å². The van der Waals surface area contributed by atoms with Gasteiger partial charge in [0.1, 0.15) is 0 Å². The van der Waals surface area contributed by atoms with Gasteiger partial charge in [0.05, 0.1) is 13.1 Å². The topological polar surface area (TPSA) is 36.4 Å². The Morgan fingerprint density at radius 1 is 1.32 bits per heavy atom. The number of benzene rings is 1. The van der Waals surface area contributed by atoms with Gasteiger partial charge in [-0.05, 0) is 26.0 Å². The Morgan fingerprint density at radius 3 is 2.68 bits per heavy atom. The number of rotatable bonds is 6. The van der Waals surface area contributed by atoms with E-state index in [0.717, 1.165) is 24.8 Å². The molecule has 0 saturated heterocycles. The summed E-state index contributed by atoms with van der Waals surface area (Å²) in [6, 6.07) is 8.55. The van der Waals surface area contributed by atoms with Crippen molar-refractivity contribution in [1.82, 2.24) is 10.6 Å². The number of hydrogen-bond acceptors (Lipinski definition) is 2. The van der Waals surface area contributed by atoms with E-state index in [1.54, 1.807) is 0 Å². The molecule has 0 aliphatic heterocycles. The minimum Gasteiger partial charge on any atom is -0.357 e. The molecule has 0 aliphatic rings. The number of hydrogen-bond donors (Lipinski definition) is 2. The number of nitrogens with one attached hydrogen (secondary N) is 2. The predicted molar refractivity (Wildman–Crippen MR) is 84.7 cm³/mol. The van der Waals surface area contributed by atoms with Gasteiger partial charge < -0.3 is 10.6 Å². The molecule has 0 amide bonds. The first-order valence-electron chi connectivity index (χ1n) is 6.41. The Hall–Kier alpha value is -1.60. The molecule has 0 saturated carbocycles. The van der Waals surface area contributed by atoms with Crippen molar-refractivity contribution < 1.29 is 0 Å². The number of nitrogens with zero attached hydrogens (tertiary/aromatic N) is 1. The maximum absolute atomic E-state index is 5.22. The second-order valence-corrected chi connectivity index (χ2v) is 5.15. The Bertz CT molecular complexity index is 432. The second kappa shape index (κ2) is 9.35. The van der Waals surface area contributed by atoms with Gasteiger partial charge in [0.15, 0.2) is 5.96 Å². The number of terminal acetylenes is 1. The van der Waals surface area contributed by atoms with Crippen LogP contribution in [0.1, 0.15) is 12.5 Å². The van der Waals surface area contributed by atoms with Crippen molar-refractivity contribution in [2.45, 2.75) is 18.7 Å². The van der Waals surface area contributed by atoms with Gasteiger partial charge in [0.2, 0.25) is 0 Å². The largest absolute Gasteiger partial charge is 0.357 e. The van der Waals surface area contributed by atoms with Crippen LogP contribution in [0, 0.1) is 19.3 Å². The van der Waals surface area contributed by atoms with Gasteiger partial charge in [-0.2, -0.15) is 0 Å². The molecular weight excluding hydrogens is 254 g/mol.